The minimum Gasteiger partial charge on any atom is -0.305 e. The van der Waals surface area contributed by atoms with Crippen molar-refractivity contribution in [2.75, 3.05) is 11.9 Å². The molecule has 8 heteroatoms. The Balaban J connectivity index is 1.83. The molecule has 2 rings (SSSR count). The summed E-state index contributed by atoms with van der Waals surface area (Å²) in [5.74, 6) is -1.15. The van der Waals surface area contributed by atoms with Crippen LogP contribution in [0.3, 0.4) is 0 Å². The van der Waals surface area contributed by atoms with Crippen molar-refractivity contribution in [3.63, 3.8) is 0 Å². The van der Waals surface area contributed by atoms with Crippen LogP contribution in [0.1, 0.15) is 18.5 Å². The number of imide groups is 1. The van der Waals surface area contributed by atoms with Gasteiger partial charge in [-0.15, -0.1) is 0 Å². The summed E-state index contributed by atoms with van der Waals surface area (Å²) in [6.07, 6.45) is 0. The average Bonchev–Trinajstić information content (AvgIpc) is 2.54. The van der Waals surface area contributed by atoms with Crippen molar-refractivity contribution < 1.29 is 14.0 Å². The van der Waals surface area contributed by atoms with Crippen molar-refractivity contribution in [3.05, 3.63) is 63.9 Å². The Hall–Kier alpha value is -2.15. The first kappa shape index (κ1) is 19.2. The molecule has 132 valence electrons. The van der Waals surface area contributed by atoms with Crippen LogP contribution in [0.15, 0.2) is 42.5 Å². The molecule has 0 saturated carbocycles. The van der Waals surface area contributed by atoms with Crippen LogP contribution in [0.5, 0.6) is 0 Å². The summed E-state index contributed by atoms with van der Waals surface area (Å²) >= 11 is 11.9. The van der Waals surface area contributed by atoms with Crippen LogP contribution in [0.4, 0.5) is 14.9 Å². The Morgan fingerprint density at radius 3 is 2.56 bits per heavy atom. The SMILES string of the molecule is C[C@@H](NCC(=O)NC(=O)Nc1ccccc1F)c1ccc(Cl)cc1Cl. The molecule has 0 radical (unpaired) electrons. The predicted octanol–water partition coefficient (Wildman–Crippen LogP) is 4.13. The molecule has 0 heterocycles. The van der Waals surface area contributed by atoms with E-state index in [9.17, 15) is 14.0 Å². The van der Waals surface area contributed by atoms with Gasteiger partial charge in [-0.25, -0.2) is 9.18 Å². The van der Waals surface area contributed by atoms with Crippen LogP contribution in [0, 0.1) is 5.82 Å². The van der Waals surface area contributed by atoms with Gasteiger partial charge in [0.1, 0.15) is 5.82 Å². The van der Waals surface area contributed by atoms with E-state index in [1.807, 2.05) is 6.92 Å². The van der Waals surface area contributed by atoms with Crippen molar-refractivity contribution >= 4 is 40.8 Å². The highest BCUT2D eigenvalue weighted by molar-refractivity contribution is 6.35. The summed E-state index contributed by atoms with van der Waals surface area (Å²) in [6, 6.07) is 9.68. The summed E-state index contributed by atoms with van der Waals surface area (Å²) in [5.41, 5.74) is 0.761. The number of rotatable bonds is 5. The molecule has 0 unspecified atom stereocenters. The zero-order valence-corrected chi connectivity index (χ0v) is 14.8. The van der Waals surface area contributed by atoms with Crippen molar-refractivity contribution in [3.8, 4) is 0 Å². The van der Waals surface area contributed by atoms with Crippen LogP contribution in [-0.2, 0) is 4.79 Å². The van der Waals surface area contributed by atoms with Crippen LogP contribution >= 0.6 is 23.2 Å². The lowest BCUT2D eigenvalue weighted by molar-refractivity contribution is -0.119. The van der Waals surface area contributed by atoms with E-state index in [1.165, 1.54) is 18.2 Å². The summed E-state index contributed by atoms with van der Waals surface area (Å²) in [7, 11) is 0. The molecule has 2 aromatic rings. The van der Waals surface area contributed by atoms with Gasteiger partial charge < -0.3 is 10.6 Å². The Morgan fingerprint density at radius 2 is 1.88 bits per heavy atom. The van der Waals surface area contributed by atoms with E-state index in [0.29, 0.717) is 10.0 Å². The summed E-state index contributed by atoms with van der Waals surface area (Å²) < 4.78 is 13.4. The molecule has 0 aliphatic heterocycles. The fraction of sp³-hybridized carbons (Fsp3) is 0.176. The van der Waals surface area contributed by atoms with Crippen molar-refractivity contribution in [2.24, 2.45) is 0 Å². The summed E-state index contributed by atoms with van der Waals surface area (Å²) in [6.45, 7) is 1.70. The van der Waals surface area contributed by atoms with Gasteiger partial charge in [0.05, 0.1) is 12.2 Å². The lowest BCUT2D eigenvalue weighted by atomic mass is 10.1. The largest absolute Gasteiger partial charge is 0.326 e. The number of halogens is 3. The Bertz CT molecular complexity index is 786. The number of benzene rings is 2. The Labute approximate surface area is 154 Å². The van der Waals surface area contributed by atoms with E-state index in [0.717, 1.165) is 5.56 Å². The number of amides is 3. The van der Waals surface area contributed by atoms with Crippen molar-refractivity contribution in [1.29, 1.82) is 0 Å². The van der Waals surface area contributed by atoms with Gasteiger partial charge in [-0.05, 0) is 36.8 Å². The molecule has 0 aromatic heterocycles. The molecular formula is C17H16Cl2FN3O2. The first-order valence-corrected chi connectivity index (χ1v) is 8.16. The topological polar surface area (TPSA) is 70.2 Å². The van der Waals surface area contributed by atoms with E-state index >= 15 is 0 Å². The first-order chi connectivity index (χ1) is 11.9. The zero-order valence-electron chi connectivity index (χ0n) is 13.3. The maximum atomic E-state index is 13.4. The number of carbonyl (C=O) groups excluding carboxylic acids is 2. The predicted molar refractivity (Wildman–Crippen MR) is 96.4 cm³/mol. The number of hydrogen-bond donors (Lipinski definition) is 3. The van der Waals surface area contributed by atoms with Gasteiger partial charge in [0, 0.05) is 16.1 Å². The van der Waals surface area contributed by atoms with Crippen LogP contribution in [0.25, 0.3) is 0 Å². The lowest BCUT2D eigenvalue weighted by Crippen LogP contribution is -2.40. The third-order valence-corrected chi connectivity index (χ3v) is 3.94. The fourth-order valence-electron chi connectivity index (χ4n) is 2.10. The minimum absolute atomic E-state index is 0.0120. The third-order valence-electron chi connectivity index (χ3n) is 3.37. The van der Waals surface area contributed by atoms with E-state index < -0.39 is 17.8 Å². The Morgan fingerprint density at radius 1 is 1.16 bits per heavy atom. The standard InChI is InChI=1S/C17H16Cl2FN3O2/c1-10(12-7-6-11(18)8-13(12)19)21-9-16(24)23-17(25)22-15-5-3-2-4-14(15)20/h2-8,10,21H,9H2,1H3,(H2,22,23,24,25)/t10-/m1/s1. The lowest BCUT2D eigenvalue weighted by Gasteiger charge is -2.15. The first-order valence-electron chi connectivity index (χ1n) is 7.40. The van der Waals surface area contributed by atoms with Crippen LogP contribution < -0.4 is 16.0 Å². The van der Waals surface area contributed by atoms with Gasteiger partial charge in [-0.3, -0.25) is 10.1 Å². The second kappa shape index (κ2) is 8.80. The second-order valence-electron chi connectivity index (χ2n) is 5.25. The van der Waals surface area contributed by atoms with Gasteiger partial charge in [0.25, 0.3) is 0 Å². The van der Waals surface area contributed by atoms with Crippen molar-refractivity contribution in [1.82, 2.24) is 10.6 Å². The van der Waals surface area contributed by atoms with E-state index in [1.54, 1.807) is 24.3 Å². The number of anilines is 1. The molecule has 3 N–H and O–H groups in total. The quantitative estimate of drug-likeness (QED) is 0.726. The zero-order chi connectivity index (χ0) is 18.4. The third kappa shape index (κ3) is 5.70. The molecular weight excluding hydrogens is 368 g/mol. The van der Waals surface area contributed by atoms with Gasteiger partial charge in [-0.1, -0.05) is 41.4 Å². The molecule has 0 saturated heterocycles. The van der Waals surface area contributed by atoms with Gasteiger partial charge in [-0.2, -0.15) is 0 Å². The minimum atomic E-state index is -0.811. The van der Waals surface area contributed by atoms with Gasteiger partial charge >= 0.3 is 6.03 Å². The Kier molecular flexibility index (Phi) is 6.75. The smallest absolute Gasteiger partial charge is 0.305 e. The molecule has 0 aliphatic rings. The maximum absolute atomic E-state index is 13.4. The molecule has 0 spiro atoms. The monoisotopic (exact) mass is 383 g/mol. The van der Waals surface area contributed by atoms with Gasteiger partial charge in [0.2, 0.25) is 5.91 Å². The normalized spacial score (nSPS) is 11.7. The number of nitrogens with one attached hydrogen (secondary N) is 3. The van der Waals surface area contributed by atoms with Gasteiger partial charge in [0.15, 0.2) is 0 Å². The number of para-hydroxylation sites is 1. The highest BCUT2D eigenvalue weighted by atomic mass is 35.5. The summed E-state index contributed by atoms with van der Waals surface area (Å²) in [4.78, 5) is 23.5. The summed E-state index contributed by atoms with van der Waals surface area (Å²) in [5, 5.41) is 8.32. The number of urea groups is 1. The maximum Gasteiger partial charge on any atom is 0.326 e. The molecule has 3 amide bonds. The fourth-order valence-corrected chi connectivity index (χ4v) is 2.67. The van der Waals surface area contributed by atoms with Crippen molar-refractivity contribution in [2.45, 2.75) is 13.0 Å². The van der Waals surface area contributed by atoms with E-state index in [2.05, 4.69) is 16.0 Å². The highest BCUT2D eigenvalue weighted by Gasteiger charge is 2.13. The molecule has 0 fully saturated rings. The molecule has 25 heavy (non-hydrogen) atoms. The number of hydrogen-bond acceptors (Lipinski definition) is 3. The molecule has 1 atom stereocenters. The van der Waals surface area contributed by atoms with Crippen LogP contribution in [-0.4, -0.2) is 18.5 Å². The van der Waals surface area contributed by atoms with E-state index in [4.69, 9.17) is 23.2 Å². The molecule has 2 aromatic carbocycles. The van der Waals surface area contributed by atoms with Crippen LogP contribution in [0.2, 0.25) is 10.0 Å². The average molecular weight is 384 g/mol. The highest BCUT2D eigenvalue weighted by Crippen LogP contribution is 2.25. The molecule has 0 aliphatic carbocycles. The molecule has 5 nitrogen and oxygen atoms in total. The molecule has 0 bridgehead atoms. The number of carbonyl (C=O) groups is 2. The second-order valence-corrected chi connectivity index (χ2v) is 6.09. The van der Waals surface area contributed by atoms with E-state index in [-0.39, 0.29) is 18.3 Å².